The molecule has 2 nitrogen and oxygen atoms in total. The van der Waals surface area contributed by atoms with Gasteiger partial charge in [0.2, 0.25) is 5.91 Å². The second-order valence-corrected chi connectivity index (χ2v) is 5.82. The molecule has 1 aliphatic rings. The molecule has 0 aromatic rings. The quantitative estimate of drug-likeness (QED) is 0.760. The summed E-state index contributed by atoms with van der Waals surface area (Å²) in [6.45, 7) is 0.809. The van der Waals surface area contributed by atoms with Crippen LogP contribution < -0.4 is 5.32 Å². The summed E-state index contributed by atoms with van der Waals surface area (Å²) >= 11 is 7.43. The molecular formula is C11H20ClNOS. The molecule has 0 aromatic carbocycles. The molecule has 0 aliphatic heterocycles. The van der Waals surface area contributed by atoms with Crippen LogP contribution in [-0.2, 0) is 4.79 Å². The molecule has 88 valence electrons. The highest BCUT2D eigenvalue weighted by atomic mass is 35.5. The van der Waals surface area contributed by atoms with E-state index in [0.717, 1.165) is 6.54 Å². The van der Waals surface area contributed by atoms with Gasteiger partial charge in [-0.25, -0.2) is 0 Å². The maximum absolute atomic E-state index is 11.3. The van der Waals surface area contributed by atoms with E-state index in [4.69, 9.17) is 11.6 Å². The maximum atomic E-state index is 11.3. The molecule has 0 unspecified atom stereocenters. The van der Waals surface area contributed by atoms with Crippen LogP contribution in [0.15, 0.2) is 0 Å². The zero-order chi connectivity index (χ0) is 11.1. The van der Waals surface area contributed by atoms with Gasteiger partial charge in [0.15, 0.2) is 0 Å². The third-order valence-electron chi connectivity index (χ3n) is 3.13. The number of nitrogens with one attached hydrogen (secondary N) is 1. The summed E-state index contributed by atoms with van der Waals surface area (Å²) in [4.78, 5) is 11.3. The molecule has 0 saturated heterocycles. The highest BCUT2D eigenvalue weighted by Crippen LogP contribution is 2.37. The molecule has 1 rings (SSSR count). The van der Waals surface area contributed by atoms with Crippen LogP contribution in [0, 0.1) is 0 Å². The van der Waals surface area contributed by atoms with Crippen molar-refractivity contribution < 1.29 is 4.79 Å². The minimum Gasteiger partial charge on any atom is -0.355 e. The van der Waals surface area contributed by atoms with Crippen molar-refractivity contribution in [3.05, 3.63) is 0 Å². The van der Waals surface area contributed by atoms with Gasteiger partial charge < -0.3 is 5.32 Å². The van der Waals surface area contributed by atoms with Crippen LogP contribution in [-0.4, -0.2) is 29.3 Å². The normalized spacial score (nSPS) is 19.9. The maximum Gasteiger partial charge on any atom is 0.221 e. The van der Waals surface area contributed by atoms with E-state index in [1.54, 1.807) is 0 Å². The lowest BCUT2D eigenvalue weighted by molar-refractivity contribution is -0.120. The van der Waals surface area contributed by atoms with Gasteiger partial charge in [-0.3, -0.25) is 4.79 Å². The molecule has 15 heavy (non-hydrogen) atoms. The van der Waals surface area contributed by atoms with Gasteiger partial charge in [-0.05, 0) is 19.1 Å². The average molecular weight is 250 g/mol. The first-order chi connectivity index (χ1) is 7.22. The molecular weight excluding hydrogens is 230 g/mol. The number of hydrogen-bond acceptors (Lipinski definition) is 2. The number of carbonyl (C=O) groups excluding carboxylic acids is 1. The Hall–Kier alpha value is 0.110. The smallest absolute Gasteiger partial charge is 0.221 e. The van der Waals surface area contributed by atoms with Crippen molar-refractivity contribution in [2.75, 3.05) is 18.7 Å². The van der Waals surface area contributed by atoms with E-state index in [1.807, 2.05) is 11.8 Å². The second kappa shape index (κ2) is 6.64. The average Bonchev–Trinajstić information content (AvgIpc) is 2.28. The Morgan fingerprint density at radius 1 is 1.40 bits per heavy atom. The molecule has 1 aliphatic carbocycles. The van der Waals surface area contributed by atoms with E-state index in [9.17, 15) is 4.79 Å². The molecule has 0 radical (unpaired) electrons. The Balaban J connectivity index is 2.35. The van der Waals surface area contributed by atoms with Gasteiger partial charge >= 0.3 is 0 Å². The molecule has 0 atom stereocenters. The van der Waals surface area contributed by atoms with Gasteiger partial charge in [0.05, 0.1) is 0 Å². The van der Waals surface area contributed by atoms with Crippen molar-refractivity contribution in [3.8, 4) is 0 Å². The first kappa shape index (κ1) is 13.2. The van der Waals surface area contributed by atoms with Crippen molar-refractivity contribution in [3.63, 3.8) is 0 Å². The highest BCUT2D eigenvalue weighted by Gasteiger charge is 2.31. The molecule has 1 saturated carbocycles. The minimum atomic E-state index is 0.0870. The van der Waals surface area contributed by atoms with E-state index in [2.05, 4.69) is 11.6 Å². The third-order valence-corrected chi connectivity index (χ3v) is 4.73. The van der Waals surface area contributed by atoms with Crippen molar-refractivity contribution in [1.82, 2.24) is 5.32 Å². The SMILES string of the molecule is CSC1(CNC(=O)CCCl)CCCCC1. The van der Waals surface area contributed by atoms with Gasteiger partial charge in [-0.2, -0.15) is 11.8 Å². The standard InChI is InChI=1S/C11H20ClNOS/c1-15-11(6-3-2-4-7-11)9-13-10(14)5-8-12/h2-9H2,1H3,(H,13,14). The number of amides is 1. The van der Waals surface area contributed by atoms with Crippen molar-refractivity contribution in [1.29, 1.82) is 0 Å². The summed E-state index contributed by atoms with van der Waals surface area (Å²) < 4.78 is 0.292. The molecule has 1 N–H and O–H groups in total. The van der Waals surface area contributed by atoms with E-state index in [0.29, 0.717) is 17.0 Å². The number of halogens is 1. The number of carbonyl (C=O) groups is 1. The van der Waals surface area contributed by atoms with Crippen LogP contribution in [0.3, 0.4) is 0 Å². The Morgan fingerprint density at radius 2 is 2.07 bits per heavy atom. The second-order valence-electron chi connectivity index (χ2n) is 4.16. The topological polar surface area (TPSA) is 29.1 Å². The van der Waals surface area contributed by atoms with Gasteiger partial charge in [0.1, 0.15) is 0 Å². The van der Waals surface area contributed by atoms with Gasteiger partial charge in [-0.15, -0.1) is 11.6 Å². The monoisotopic (exact) mass is 249 g/mol. The molecule has 0 spiro atoms. The van der Waals surface area contributed by atoms with Gasteiger partial charge in [-0.1, -0.05) is 19.3 Å². The summed E-state index contributed by atoms with van der Waals surface area (Å²) in [5.74, 6) is 0.502. The Bertz CT molecular complexity index is 205. The fourth-order valence-electron chi connectivity index (χ4n) is 2.08. The van der Waals surface area contributed by atoms with E-state index in [-0.39, 0.29) is 5.91 Å². The predicted molar refractivity (Wildman–Crippen MR) is 67.7 cm³/mol. The number of alkyl halides is 1. The Morgan fingerprint density at radius 3 is 2.60 bits per heavy atom. The van der Waals surface area contributed by atoms with Crippen molar-refractivity contribution >= 4 is 29.3 Å². The summed E-state index contributed by atoms with van der Waals surface area (Å²) in [5, 5.41) is 3.00. The van der Waals surface area contributed by atoms with E-state index >= 15 is 0 Å². The van der Waals surface area contributed by atoms with Crippen LogP contribution in [0.2, 0.25) is 0 Å². The molecule has 0 bridgehead atoms. The lowest BCUT2D eigenvalue weighted by Crippen LogP contribution is -2.41. The van der Waals surface area contributed by atoms with Crippen LogP contribution in [0.25, 0.3) is 0 Å². The fraction of sp³-hybridized carbons (Fsp3) is 0.909. The van der Waals surface area contributed by atoms with E-state index in [1.165, 1.54) is 32.1 Å². The fourth-order valence-corrected chi connectivity index (χ4v) is 3.17. The minimum absolute atomic E-state index is 0.0870. The van der Waals surface area contributed by atoms with Crippen LogP contribution in [0.4, 0.5) is 0 Å². The largest absolute Gasteiger partial charge is 0.355 e. The highest BCUT2D eigenvalue weighted by molar-refractivity contribution is 8.00. The third kappa shape index (κ3) is 4.23. The van der Waals surface area contributed by atoms with Crippen molar-refractivity contribution in [2.45, 2.75) is 43.3 Å². The summed E-state index contributed by atoms with van der Waals surface area (Å²) in [6, 6.07) is 0. The first-order valence-corrected chi connectivity index (χ1v) is 7.36. The van der Waals surface area contributed by atoms with Crippen LogP contribution >= 0.6 is 23.4 Å². The first-order valence-electron chi connectivity index (χ1n) is 5.60. The number of hydrogen-bond donors (Lipinski definition) is 1. The lowest BCUT2D eigenvalue weighted by Gasteiger charge is -2.35. The zero-order valence-electron chi connectivity index (χ0n) is 9.35. The predicted octanol–water partition coefficient (Wildman–Crippen LogP) is 2.80. The van der Waals surface area contributed by atoms with E-state index < -0.39 is 0 Å². The Kier molecular flexibility index (Phi) is 5.83. The number of thioether (sulfide) groups is 1. The zero-order valence-corrected chi connectivity index (χ0v) is 10.9. The molecule has 0 heterocycles. The summed E-state index contributed by atoms with van der Waals surface area (Å²) in [7, 11) is 0. The number of rotatable bonds is 5. The molecule has 1 fully saturated rings. The lowest BCUT2D eigenvalue weighted by atomic mass is 9.88. The molecule has 0 aromatic heterocycles. The Labute approximate surface area is 102 Å². The summed E-state index contributed by atoms with van der Waals surface area (Å²) in [6.07, 6.45) is 8.99. The summed E-state index contributed by atoms with van der Waals surface area (Å²) in [5.41, 5.74) is 0. The van der Waals surface area contributed by atoms with Crippen molar-refractivity contribution in [2.24, 2.45) is 0 Å². The molecule has 1 amide bonds. The molecule has 4 heteroatoms. The van der Waals surface area contributed by atoms with Gasteiger partial charge in [0, 0.05) is 23.6 Å². The van der Waals surface area contributed by atoms with Crippen LogP contribution in [0.1, 0.15) is 38.5 Å². The van der Waals surface area contributed by atoms with Gasteiger partial charge in [0.25, 0.3) is 0 Å². The van der Waals surface area contributed by atoms with Crippen LogP contribution in [0.5, 0.6) is 0 Å².